The van der Waals surface area contributed by atoms with E-state index < -0.39 is 0 Å². The third kappa shape index (κ3) is 3.54. The minimum atomic E-state index is 0.151. The molecule has 17 heavy (non-hydrogen) atoms. The van der Waals surface area contributed by atoms with Crippen LogP contribution in [-0.2, 0) is 11.2 Å². The second-order valence-electron chi connectivity index (χ2n) is 4.55. The quantitative estimate of drug-likeness (QED) is 0.907. The van der Waals surface area contributed by atoms with Gasteiger partial charge in [-0.3, -0.25) is 4.79 Å². The molecule has 0 spiro atoms. The first-order valence-electron chi connectivity index (χ1n) is 5.93. The van der Waals surface area contributed by atoms with Crippen molar-refractivity contribution in [3.8, 4) is 0 Å². The highest BCUT2D eigenvalue weighted by atomic mass is 79.9. The largest absolute Gasteiger partial charge is 0.341 e. The smallest absolute Gasteiger partial charge is 0.227 e. The molecule has 3 nitrogen and oxygen atoms in total. The van der Waals surface area contributed by atoms with E-state index in [4.69, 9.17) is 5.73 Å². The first-order chi connectivity index (χ1) is 8.15. The van der Waals surface area contributed by atoms with Crippen molar-refractivity contribution >= 4 is 21.8 Å². The van der Waals surface area contributed by atoms with E-state index >= 15 is 0 Å². The molecular formula is C13H17BrN2O. The Labute approximate surface area is 110 Å². The summed E-state index contributed by atoms with van der Waals surface area (Å²) in [6.45, 7) is 1.55. The lowest BCUT2D eigenvalue weighted by atomic mass is 10.1. The van der Waals surface area contributed by atoms with Crippen molar-refractivity contribution in [1.82, 2.24) is 4.90 Å². The minimum absolute atomic E-state index is 0.151. The Kier molecular flexibility index (Phi) is 4.18. The molecule has 2 rings (SSSR count). The molecule has 0 radical (unpaired) electrons. The van der Waals surface area contributed by atoms with Crippen LogP contribution < -0.4 is 5.73 Å². The molecule has 1 aromatic rings. The van der Waals surface area contributed by atoms with Gasteiger partial charge in [0.25, 0.3) is 0 Å². The number of hydrogen-bond donors (Lipinski definition) is 1. The molecule has 1 heterocycles. The molecule has 1 atom stereocenters. The number of likely N-dealkylation sites (tertiary alicyclic amines) is 1. The molecule has 1 aliphatic heterocycles. The molecule has 1 amide bonds. The summed E-state index contributed by atoms with van der Waals surface area (Å²) >= 11 is 3.38. The summed E-state index contributed by atoms with van der Waals surface area (Å²) in [5.41, 5.74) is 6.93. The molecule has 0 unspecified atom stereocenters. The summed E-state index contributed by atoms with van der Waals surface area (Å²) in [7, 11) is 0. The van der Waals surface area contributed by atoms with E-state index in [1.807, 2.05) is 29.2 Å². The van der Waals surface area contributed by atoms with E-state index in [-0.39, 0.29) is 11.9 Å². The van der Waals surface area contributed by atoms with E-state index in [9.17, 15) is 4.79 Å². The summed E-state index contributed by atoms with van der Waals surface area (Å²) in [6.07, 6.45) is 2.52. The number of benzene rings is 1. The molecule has 1 aliphatic rings. The van der Waals surface area contributed by atoms with Crippen LogP contribution in [0.25, 0.3) is 0 Å². The first kappa shape index (κ1) is 12.6. The molecule has 4 heteroatoms. The number of piperidine rings is 1. The van der Waals surface area contributed by atoms with Crippen molar-refractivity contribution in [3.63, 3.8) is 0 Å². The Morgan fingerprint density at radius 2 is 2.12 bits per heavy atom. The van der Waals surface area contributed by atoms with Gasteiger partial charge in [-0.25, -0.2) is 0 Å². The van der Waals surface area contributed by atoms with E-state index in [0.29, 0.717) is 13.0 Å². The molecule has 0 aliphatic carbocycles. The fourth-order valence-electron chi connectivity index (χ4n) is 2.13. The molecule has 2 N–H and O–H groups in total. The number of amides is 1. The maximum absolute atomic E-state index is 12.1. The number of carbonyl (C=O) groups is 1. The third-order valence-electron chi connectivity index (χ3n) is 3.08. The van der Waals surface area contributed by atoms with E-state index in [2.05, 4.69) is 15.9 Å². The van der Waals surface area contributed by atoms with Gasteiger partial charge in [-0.2, -0.15) is 0 Å². The monoisotopic (exact) mass is 296 g/mol. The molecule has 1 saturated heterocycles. The van der Waals surface area contributed by atoms with Gasteiger partial charge in [-0.05, 0) is 30.5 Å². The lowest BCUT2D eigenvalue weighted by molar-refractivity contribution is -0.131. The maximum Gasteiger partial charge on any atom is 0.227 e. The van der Waals surface area contributed by atoms with Crippen molar-refractivity contribution in [1.29, 1.82) is 0 Å². The molecule has 1 fully saturated rings. The second-order valence-corrected chi connectivity index (χ2v) is 5.46. The Balaban J connectivity index is 1.94. The molecule has 0 bridgehead atoms. The average molecular weight is 297 g/mol. The fourth-order valence-corrected chi connectivity index (χ4v) is 2.39. The number of nitrogens with two attached hydrogens (primary N) is 1. The van der Waals surface area contributed by atoms with Gasteiger partial charge in [0.15, 0.2) is 0 Å². The lowest BCUT2D eigenvalue weighted by Crippen LogP contribution is -2.46. The molecule has 0 saturated carbocycles. The topological polar surface area (TPSA) is 46.3 Å². The van der Waals surface area contributed by atoms with Gasteiger partial charge in [0.2, 0.25) is 5.91 Å². The number of carbonyl (C=O) groups excluding carboxylic acids is 1. The Morgan fingerprint density at radius 1 is 1.41 bits per heavy atom. The van der Waals surface area contributed by atoms with Crippen molar-refractivity contribution < 1.29 is 4.79 Å². The van der Waals surface area contributed by atoms with E-state index in [1.54, 1.807) is 0 Å². The molecule has 92 valence electrons. The van der Waals surface area contributed by atoms with Gasteiger partial charge in [0, 0.05) is 23.6 Å². The van der Waals surface area contributed by atoms with E-state index in [0.717, 1.165) is 29.4 Å². The highest BCUT2D eigenvalue weighted by Crippen LogP contribution is 2.13. The van der Waals surface area contributed by atoms with Crippen molar-refractivity contribution in [3.05, 3.63) is 34.3 Å². The Hall–Kier alpha value is -0.870. The van der Waals surface area contributed by atoms with Gasteiger partial charge in [0.05, 0.1) is 6.42 Å². The Morgan fingerprint density at radius 3 is 2.76 bits per heavy atom. The normalized spacial score (nSPS) is 20.4. The van der Waals surface area contributed by atoms with E-state index in [1.165, 1.54) is 0 Å². The van der Waals surface area contributed by atoms with Crippen molar-refractivity contribution in [2.24, 2.45) is 5.73 Å². The molecule has 1 aromatic carbocycles. The maximum atomic E-state index is 12.1. The molecular weight excluding hydrogens is 280 g/mol. The Bertz CT molecular complexity index is 391. The van der Waals surface area contributed by atoms with Crippen LogP contribution in [0.5, 0.6) is 0 Å². The van der Waals surface area contributed by atoms with Crippen LogP contribution in [0.3, 0.4) is 0 Å². The van der Waals surface area contributed by atoms with Crippen molar-refractivity contribution in [2.75, 3.05) is 13.1 Å². The van der Waals surface area contributed by atoms with Crippen LogP contribution in [0.15, 0.2) is 28.7 Å². The zero-order chi connectivity index (χ0) is 12.3. The number of hydrogen-bond acceptors (Lipinski definition) is 2. The predicted octanol–water partition coefficient (Wildman–Crippen LogP) is 1.94. The summed E-state index contributed by atoms with van der Waals surface area (Å²) in [5.74, 6) is 0.183. The predicted molar refractivity (Wildman–Crippen MR) is 71.6 cm³/mol. The third-order valence-corrected chi connectivity index (χ3v) is 3.61. The summed E-state index contributed by atoms with van der Waals surface area (Å²) in [6, 6.07) is 8.03. The highest BCUT2D eigenvalue weighted by molar-refractivity contribution is 9.10. The van der Waals surface area contributed by atoms with Gasteiger partial charge in [-0.15, -0.1) is 0 Å². The van der Waals surface area contributed by atoms with Crippen LogP contribution in [0.2, 0.25) is 0 Å². The van der Waals surface area contributed by atoms with Crippen molar-refractivity contribution in [2.45, 2.75) is 25.3 Å². The van der Waals surface area contributed by atoms with Crippen LogP contribution >= 0.6 is 15.9 Å². The summed E-state index contributed by atoms with van der Waals surface area (Å²) in [4.78, 5) is 13.9. The lowest BCUT2D eigenvalue weighted by Gasteiger charge is -2.30. The van der Waals surface area contributed by atoms with Crippen LogP contribution in [0, 0.1) is 0 Å². The number of halogens is 1. The SMILES string of the molecule is N[C@H]1CCCN(C(=O)Cc2ccc(Br)cc2)C1. The van der Waals surface area contributed by atoms with Gasteiger partial charge in [0.1, 0.15) is 0 Å². The van der Waals surface area contributed by atoms with Crippen LogP contribution in [-0.4, -0.2) is 29.9 Å². The minimum Gasteiger partial charge on any atom is -0.341 e. The summed E-state index contributed by atoms with van der Waals surface area (Å²) in [5, 5.41) is 0. The zero-order valence-electron chi connectivity index (χ0n) is 9.73. The zero-order valence-corrected chi connectivity index (χ0v) is 11.3. The molecule has 0 aromatic heterocycles. The highest BCUT2D eigenvalue weighted by Gasteiger charge is 2.20. The van der Waals surface area contributed by atoms with Gasteiger partial charge >= 0.3 is 0 Å². The van der Waals surface area contributed by atoms with Crippen LogP contribution in [0.4, 0.5) is 0 Å². The standard InChI is InChI=1S/C13H17BrN2O/c14-11-5-3-10(4-6-11)8-13(17)16-7-1-2-12(15)9-16/h3-6,12H,1-2,7-9,15H2/t12-/m0/s1. The average Bonchev–Trinajstić information content (AvgIpc) is 2.32. The van der Waals surface area contributed by atoms with Gasteiger partial charge in [-0.1, -0.05) is 28.1 Å². The van der Waals surface area contributed by atoms with Gasteiger partial charge < -0.3 is 10.6 Å². The first-order valence-corrected chi connectivity index (χ1v) is 6.72. The van der Waals surface area contributed by atoms with Crippen LogP contribution in [0.1, 0.15) is 18.4 Å². The number of nitrogens with zero attached hydrogens (tertiary/aromatic N) is 1. The second kappa shape index (κ2) is 5.65. The number of rotatable bonds is 2. The fraction of sp³-hybridized carbons (Fsp3) is 0.462. The summed E-state index contributed by atoms with van der Waals surface area (Å²) < 4.78 is 1.04.